The van der Waals surface area contributed by atoms with E-state index >= 15 is 0 Å². The van der Waals surface area contributed by atoms with E-state index in [2.05, 4.69) is 4.40 Å². The van der Waals surface area contributed by atoms with Crippen molar-refractivity contribution in [1.29, 1.82) is 0 Å². The number of hydrogen-bond acceptors (Lipinski definition) is 4. The average molecular weight is 257 g/mol. The quantitative estimate of drug-likeness (QED) is 0.688. The van der Waals surface area contributed by atoms with E-state index in [0.29, 0.717) is 0 Å². The highest BCUT2D eigenvalue weighted by Gasteiger charge is 2.43. The van der Waals surface area contributed by atoms with Crippen LogP contribution in [0.5, 0.6) is 5.75 Å². The molecule has 0 bridgehead atoms. The summed E-state index contributed by atoms with van der Waals surface area (Å²) in [6.07, 6.45) is 1.21. The summed E-state index contributed by atoms with van der Waals surface area (Å²) < 4.78 is 50.7. The van der Waals surface area contributed by atoms with Crippen LogP contribution in [0.15, 0.2) is 27.5 Å². The second kappa shape index (κ2) is 3.27. The van der Waals surface area contributed by atoms with Crippen LogP contribution in [-0.2, 0) is 14.8 Å². The van der Waals surface area contributed by atoms with Crippen molar-refractivity contribution in [2.45, 2.75) is 10.5 Å². The fourth-order valence-corrected chi connectivity index (χ4v) is 2.74. The van der Waals surface area contributed by atoms with E-state index in [1.807, 2.05) is 0 Å². The number of sulfonamides is 1. The summed E-state index contributed by atoms with van der Waals surface area (Å²) in [6.45, 7) is 0.478. The number of benzene rings is 1. The number of hydrogen-bond donors (Lipinski definition) is 0. The van der Waals surface area contributed by atoms with Crippen LogP contribution in [0.4, 0.5) is 4.39 Å². The van der Waals surface area contributed by atoms with E-state index in [1.165, 1.54) is 12.3 Å². The van der Waals surface area contributed by atoms with Gasteiger partial charge in [-0.15, -0.1) is 0 Å². The molecule has 1 fully saturated rings. The molecule has 17 heavy (non-hydrogen) atoms. The van der Waals surface area contributed by atoms with Crippen molar-refractivity contribution in [3.05, 3.63) is 24.0 Å². The first kappa shape index (κ1) is 10.7. The molecule has 1 saturated heterocycles. The molecule has 0 saturated carbocycles. The normalized spacial score (nSPS) is 23.4. The number of halogens is 1. The van der Waals surface area contributed by atoms with E-state index in [1.54, 1.807) is 0 Å². The van der Waals surface area contributed by atoms with Crippen molar-refractivity contribution in [1.82, 2.24) is 0 Å². The van der Waals surface area contributed by atoms with Gasteiger partial charge >= 0.3 is 0 Å². The maximum Gasteiger partial charge on any atom is 0.285 e. The number of fused-ring (bicyclic) bond motifs is 1. The molecular formula is C10H8FNO4S. The molecule has 0 atom stereocenters. The predicted octanol–water partition coefficient (Wildman–Crippen LogP) is 0.747. The Morgan fingerprint density at radius 3 is 2.76 bits per heavy atom. The van der Waals surface area contributed by atoms with Gasteiger partial charge in [0, 0.05) is 0 Å². The third-order valence-electron chi connectivity index (χ3n) is 2.62. The lowest BCUT2D eigenvalue weighted by Gasteiger charge is -2.37. The zero-order valence-electron chi connectivity index (χ0n) is 8.59. The summed E-state index contributed by atoms with van der Waals surface area (Å²) in [6, 6.07) is 3.34. The molecule has 7 heteroatoms. The topological polar surface area (TPSA) is 65.0 Å². The fourth-order valence-electron chi connectivity index (χ4n) is 1.67. The van der Waals surface area contributed by atoms with Gasteiger partial charge in [0.25, 0.3) is 10.0 Å². The Kier molecular flexibility index (Phi) is 2.05. The molecule has 1 spiro atoms. The third kappa shape index (κ3) is 1.62. The largest absolute Gasteiger partial charge is 0.475 e. The first-order valence-corrected chi connectivity index (χ1v) is 6.33. The SMILES string of the molecule is O=S1(=O)N=CC2(COC2)Oc2ccc(F)cc21. The van der Waals surface area contributed by atoms with Crippen LogP contribution in [0.3, 0.4) is 0 Å². The van der Waals surface area contributed by atoms with Crippen LogP contribution in [-0.4, -0.2) is 33.4 Å². The van der Waals surface area contributed by atoms with E-state index in [-0.39, 0.29) is 23.9 Å². The van der Waals surface area contributed by atoms with Crippen molar-refractivity contribution in [2.24, 2.45) is 4.40 Å². The van der Waals surface area contributed by atoms with Gasteiger partial charge in [0.1, 0.15) is 16.5 Å². The Balaban J connectivity index is 2.20. The molecule has 90 valence electrons. The van der Waals surface area contributed by atoms with E-state index in [4.69, 9.17) is 9.47 Å². The molecule has 0 unspecified atom stereocenters. The lowest BCUT2D eigenvalue weighted by atomic mass is 10.0. The van der Waals surface area contributed by atoms with E-state index in [9.17, 15) is 12.8 Å². The zero-order chi connectivity index (χ0) is 12.1. The van der Waals surface area contributed by atoms with Gasteiger partial charge in [0.05, 0.1) is 19.4 Å². The Bertz CT molecular complexity index is 607. The van der Waals surface area contributed by atoms with Gasteiger partial charge in [0.15, 0.2) is 5.60 Å². The van der Waals surface area contributed by atoms with Crippen molar-refractivity contribution in [3.63, 3.8) is 0 Å². The second-order valence-corrected chi connectivity index (χ2v) is 5.56. The molecule has 3 rings (SSSR count). The Morgan fingerprint density at radius 1 is 1.35 bits per heavy atom. The van der Waals surface area contributed by atoms with Gasteiger partial charge in [-0.3, -0.25) is 0 Å². The van der Waals surface area contributed by atoms with Gasteiger partial charge < -0.3 is 9.47 Å². The molecule has 0 aliphatic carbocycles. The minimum absolute atomic E-state index is 0.104. The second-order valence-electron chi connectivity index (χ2n) is 3.96. The standard InChI is InChI=1S/C10H8FNO4S/c11-7-1-2-8-9(3-7)17(13,14)12-4-10(16-8)5-15-6-10/h1-4H,5-6H2. The molecule has 1 aromatic rings. The summed E-state index contributed by atoms with van der Waals surface area (Å²) in [5.41, 5.74) is -0.837. The summed E-state index contributed by atoms with van der Waals surface area (Å²) >= 11 is 0. The summed E-state index contributed by atoms with van der Waals surface area (Å²) in [7, 11) is -3.90. The summed E-state index contributed by atoms with van der Waals surface area (Å²) in [5, 5.41) is 0. The van der Waals surface area contributed by atoms with Crippen LogP contribution < -0.4 is 4.74 Å². The van der Waals surface area contributed by atoms with Crippen molar-refractivity contribution < 1.29 is 22.3 Å². The molecular weight excluding hydrogens is 249 g/mol. The highest BCUT2D eigenvalue weighted by Crippen LogP contribution is 2.34. The predicted molar refractivity (Wildman–Crippen MR) is 56.3 cm³/mol. The monoisotopic (exact) mass is 257 g/mol. The number of ether oxygens (including phenoxy) is 2. The van der Waals surface area contributed by atoms with Crippen LogP contribution in [0.25, 0.3) is 0 Å². The maximum atomic E-state index is 13.1. The molecule has 0 amide bonds. The smallest absolute Gasteiger partial charge is 0.285 e. The Hall–Kier alpha value is -1.47. The average Bonchev–Trinajstić information content (AvgIpc) is 2.34. The van der Waals surface area contributed by atoms with Crippen molar-refractivity contribution in [3.8, 4) is 5.75 Å². The Morgan fingerprint density at radius 2 is 2.12 bits per heavy atom. The molecule has 0 radical (unpaired) electrons. The minimum Gasteiger partial charge on any atom is -0.475 e. The lowest BCUT2D eigenvalue weighted by Crippen LogP contribution is -2.55. The van der Waals surface area contributed by atoms with Gasteiger partial charge in [0.2, 0.25) is 0 Å². The van der Waals surface area contributed by atoms with Crippen LogP contribution >= 0.6 is 0 Å². The fraction of sp³-hybridized carbons (Fsp3) is 0.300. The number of rotatable bonds is 0. The van der Waals surface area contributed by atoms with Gasteiger partial charge in [-0.05, 0) is 18.2 Å². The molecule has 2 heterocycles. The summed E-state index contributed by atoms with van der Waals surface area (Å²) in [5.74, 6) is -0.542. The number of nitrogens with zero attached hydrogens (tertiary/aromatic N) is 1. The molecule has 0 aromatic heterocycles. The van der Waals surface area contributed by atoms with Crippen molar-refractivity contribution in [2.75, 3.05) is 13.2 Å². The van der Waals surface area contributed by atoms with E-state index < -0.39 is 21.4 Å². The van der Waals surface area contributed by atoms with Gasteiger partial charge in [-0.25, -0.2) is 4.39 Å². The van der Waals surface area contributed by atoms with Gasteiger partial charge in [-0.2, -0.15) is 12.8 Å². The van der Waals surface area contributed by atoms with Crippen LogP contribution in [0.1, 0.15) is 0 Å². The van der Waals surface area contributed by atoms with Crippen LogP contribution in [0, 0.1) is 5.82 Å². The third-order valence-corrected chi connectivity index (χ3v) is 3.87. The van der Waals surface area contributed by atoms with Crippen LogP contribution in [0.2, 0.25) is 0 Å². The zero-order valence-corrected chi connectivity index (χ0v) is 9.41. The molecule has 0 N–H and O–H groups in total. The Labute approximate surface area is 96.9 Å². The first-order chi connectivity index (χ1) is 8.01. The van der Waals surface area contributed by atoms with Gasteiger partial charge in [-0.1, -0.05) is 0 Å². The summed E-state index contributed by atoms with van der Waals surface area (Å²) in [4.78, 5) is -0.252. The van der Waals surface area contributed by atoms with E-state index in [0.717, 1.165) is 12.1 Å². The highest BCUT2D eigenvalue weighted by atomic mass is 32.2. The molecule has 2 aliphatic rings. The molecule has 5 nitrogen and oxygen atoms in total. The molecule has 2 aliphatic heterocycles. The van der Waals surface area contributed by atoms with Crippen molar-refractivity contribution >= 4 is 16.2 Å². The maximum absolute atomic E-state index is 13.1. The highest BCUT2D eigenvalue weighted by molar-refractivity contribution is 7.90. The first-order valence-electron chi connectivity index (χ1n) is 4.89. The lowest BCUT2D eigenvalue weighted by molar-refractivity contribution is -0.116. The minimum atomic E-state index is -3.90. The molecule has 1 aromatic carbocycles.